The van der Waals surface area contributed by atoms with Crippen LogP contribution >= 0.6 is 15.9 Å². The first-order chi connectivity index (χ1) is 8.01. The Morgan fingerprint density at radius 2 is 2.12 bits per heavy atom. The van der Waals surface area contributed by atoms with E-state index in [1.165, 1.54) is 20.1 Å². The normalized spacial score (nSPS) is 11.4. The molecule has 0 aromatic heterocycles. The van der Waals surface area contributed by atoms with E-state index in [2.05, 4.69) is 20.7 Å². The van der Waals surface area contributed by atoms with Crippen LogP contribution in [0.1, 0.15) is 33.2 Å². The van der Waals surface area contributed by atoms with Gasteiger partial charge in [0.25, 0.3) is 0 Å². The highest BCUT2D eigenvalue weighted by atomic mass is 79.9. The number of ketones is 1. The van der Waals surface area contributed by atoms with Gasteiger partial charge in [0.2, 0.25) is 0 Å². The van der Waals surface area contributed by atoms with E-state index in [-0.39, 0.29) is 11.3 Å². The van der Waals surface area contributed by atoms with Crippen molar-refractivity contribution in [2.24, 2.45) is 0 Å². The molecule has 0 spiro atoms. The van der Waals surface area contributed by atoms with E-state index in [9.17, 15) is 9.59 Å². The van der Waals surface area contributed by atoms with Gasteiger partial charge in [-0.3, -0.25) is 4.79 Å². The molecule has 0 amide bonds. The third-order valence-corrected chi connectivity index (χ3v) is 3.36. The average Bonchev–Trinajstić information content (AvgIpc) is 2.35. The van der Waals surface area contributed by atoms with Gasteiger partial charge in [-0.15, -0.1) is 0 Å². The molecule has 5 heteroatoms. The quantitative estimate of drug-likeness (QED) is 0.634. The maximum atomic E-state index is 11.6. The van der Waals surface area contributed by atoms with Gasteiger partial charge in [0.05, 0.1) is 29.1 Å². The molecule has 0 saturated carbocycles. The molecule has 1 aromatic rings. The second-order valence-electron chi connectivity index (χ2n) is 3.38. The molecule has 1 rings (SSSR count). The summed E-state index contributed by atoms with van der Waals surface area (Å²) in [6.07, 6.45) is 0. The number of alkyl halides is 1. The molecule has 4 nitrogen and oxygen atoms in total. The number of hydrogen-bond acceptors (Lipinski definition) is 4. The highest BCUT2D eigenvalue weighted by Crippen LogP contribution is 2.28. The Bertz CT molecular complexity index is 505. The SMILES string of the molecule is COC(=O)c1cc(C#N)ccc1C(Br)C(C)=O. The lowest BCUT2D eigenvalue weighted by Gasteiger charge is -2.11. The van der Waals surface area contributed by atoms with E-state index >= 15 is 0 Å². The first-order valence-corrected chi connectivity index (χ1v) is 5.69. The van der Waals surface area contributed by atoms with Crippen LogP contribution in [0.15, 0.2) is 18.2 Å². The fourth-order valence-corrected chi connectivity index (χ4v) is 1.75. The number of rotatable bonds is 3. The van der Waals surface area contributed by atoms with Gasteiger partial charge in [-0.1, -0.05) is 22.0 Å². The van der Waals surface area contributed by atoms with Gasteiger partial charge in [0.15, 0.2) is 0 Å². The van der Waals surface area contributed by atoms with E-state index < -0.39 is 10.8 Å². The minimum atomic E-state index is -0.579. The largest absolute Gasteiger partial charge is 0.465 e. The predicted octanol–water partition coefficient (Wildman–Crippen LogP) is 2.37. The Morgan fingerprint density at radius 3 is 2.59 bits per heavy atom. The maximum Gasteiger partial charge on any atom is 0.338 e. The third kappa shape index (κ3) is 2.92. The van der Waals surface area contributed by atoms with Gasteiger partial charge in [-0.2, -0.15) is 5.26 Å². The van der Waals surface area contributed by atoms with Crippen molar-refractivity contribution in [3.05, 3.63) is 34.9 Å². The number of carbonyl (C=O) groups is 2. The Hall–Kier alpha value is -1.67. The number of halogens is 1. The zero-order chi connectivity index (χ0) is 13.0. The molecule has 0 N–H and O–H groups in total. The van der Waals surface area contributed by atoms with Crippen LogP contribution < -0.4 is 0 Å². The molecule has 1 aromatic carbocycles. The van der Waals surface area contributed by atoms with Crippen LogP contribution in [0.3, 0.4) is 0 Å². The summed E-state index contributed by atoms with van der Waals surface area (Å²) < 4.78 is 4.63. The smallest absolute Gasteiger partial charge is 0.338 e. The summed E-state index contributed by atoms with van der Waals surface area (Å²) in [5.74, 6) is -0.692. The minimum absolute atomic E-state index is 0.125. The Kier molecular flexibility index (Phi) is 4.41. The summed E-state index contributed by atoms with van der Waals surface area (Å²) in [5.41, 5.74) is 1.07. The molecule has 0 aliphatic heterocycles. The van der Waals surface area contributed by atoms with E-state index in [1.807, 2.05) is 6.07 Å². The second kappa shape index (κ2) is 5.60. The highest BCUT2D eigenvalue weighted by molar-refractivity contribution is 9.09. The molecule has 0 aliphatic carbocycles. The van der Waals surface area contributed by atoms with E-state index in [1.54, 1.807) is 12.1 Å². The molecular formula is C12H10BrNO3. The van der Waals surface area contributed by atoms with Gasteiger partial charge >= 0.3 is 5.97 Å². The number of nitriles is 1. The van der Waals surface area contributed by atoms with Crippen LogP contribution in [0.5, 0.6) is 0 Å². The average molecular weight is 296 g/mol. The molecule has 17 heavy (non-hydrogen) atoms. The molecule has 0 bridgehead atoms. The van der Waals surface area contributed by atoms with Gasteiger partial charge in [0, 0.05) is 0 Å². The number of ether oxygens (including phenoxy) is 1. The first-order valence-electron chi connectivity index (χ1n) is 4.78. The molecule has 0 aliphatic rings. The fourth-order valence-electron chi connectivity index (χ4n) is 1.35. The van der Waals surface area contributed by atoms with Crippen LogP contribution in [0, 0.1) is 11.3 Å². The molecule has 0 saturated heterocycles. The van der Waals surface area contributed by atoms with Gasteiger partial charge in [-0.05, 0) is 24.6 Å². The van der Waals surface area contributed by atoms with Crippen molar-refractivity contribution in [3.8, 4) is 6.07 Å². The third-order valence-electron chi connectivity index (χ3n) is 2.22. The molecule has 1 atom stereocenters. The van der Waals surface area contributed by atoms with Crippen LogP contribution in [0.2, 0.25) is 0 Å². The molecule has 88 valence electrons. The number of hydrogen-bond donors (Lipinski definition) is 0. The maximum absolute atomic E-state index is 11.6. The topological polar surface area (TPSA) is 67.2 Å². The molecule has 0 radical (unpaired) electrons. The summed E-state index contributed by atoms with van der Waals surface area (Å²) in [6, 6.07) is 6.48. The lowest BCUT2D eigenvalue weighted by Crippen LogP contribution is -2.11. The van der Waals surface area contributed by atoms with Crippen LogP contribution in [-0.4, -0.2) is 18.9 Å². The lowest BCUT2D eigenvalue weighted by atomic mass is 10.00. The Morgan fingerprint density at radius 1 is 1.47 bits per heavy atom. The van der Waals surface area contributed by atoms with Crippen LogP contribution in [0.25, 0.3) is 0 Å². The fraction of sp³-hybridized carbons (Fsp3) is 0.250. The Labute approximate surface area is 107 Å². The van der Waals surface area contributed by atoms with Crippen molar-refractivity contribution in [1.29, 1.82) is 5.26 Å². The standard InChI is InChI=1S/C12H10BrNO3/c1-7(15)11(13)9-4-3-8(6-14)5-10(9)12(16)17-2/h3-5,11H,1-2H3. The monoisotopic (exact) mass is 295 g/mol. The van der Waals surface area contributed by atoms with Gasteiger partial charge in [-0.25, -0.2) is 4.79 Å². The van der Waals surface area contributed by atoms with Crippen molar-refractivity contribution in [2.75, 3.05) is 7.11 Å². The lowest BCUT2D eigenvalue weighted by molar-refractivity contribution is -0.116. The van der Waals surface area contributed by atoms with Crippen molar-refractivity contribution in [1.82, 2.24) is 0 Å². The summed E-state index contributed by atoms with van der Waals surface area (Å²) >= 11 is 3.20. The van der Waals surface area contributed by atoms with E-state index in [0.29, 0.717) is 11.1 Å². The van der Waals surface area contributed by atoms with Crippen LogP contribution in [0.4, 0.5) is 0 Å². The number of Topliss-reactive ketones (excluding diaryl/α,β-unsaturated/α-hetero) is 1. The van der Waals surface area contributed by atoms with E-state index in [4.69, 9.17) is 5.26 Å². The van der Waals surface area contributed by atoms with Crippen molar-refractivity contribution < 1.29 is 14.3 Å². The molecule has 0 fully saturated rings. The van der Waals surface area contributed by atoms with Crippen molar-refractivity contribution in [3.63, 3.8) is 0 Å². The number of esters is 1. The summed E-state index contributed by atoms with van der Waals surface area (Å²) in [5, 5.41) is 8.77. The summed E-state index contributed by atoms with van der Waals surface area (Å²) in [6.45, 7) is 1.42. The minimum Gasteiger partial charge on any atom is -0.465 e. The molecule has 1 unspecified atom stereocenters. The van der Waals surface area contributed by atoms with E-state index in [0.717, 1.165) is 0 Å². The predicted molar refractivity (Wildman–Crippen MR) is 64.8 cm³/mol. The number of carbonyl (C=O) groups excluding carboxylic acids is 2. The Balaban J connectivity index is 3.35. The van der Waals surface area contributed by atoms with Crippen molar-refractivity contribution >= 4 is 27.7 Å². The number of methoxy groups -OCH3 is 1. The second-order valence-corrected chi connectivity index (χ2v) is 4.29. The zero-order valence-corrected chi connectivity index (χ0v) is 10.9. The highest BCUT2D eigenvalue weighted by Gasteiger charge is 2.21. The van der Waals surface area contributed by atoms with Crippen LogP contribution in [-0.2, 0) is 9.53 Å². The van der Waals surface area contributed by atoms with Crippen molar-refractivity contribution in [2.45, 2.75) is 11.8 Å². The van der Waals surface area contributed by atoms with Gasteiger partial charge < -0.3 is 4.74 Å². The summed E-state index contributed by atoms with van der Waals surface area (Å²) in [4.78, 5) is 22.3. The first kappa shape index (κ1) is 13.4. The molecular weight excluding hydrogens is 286 g/mol. The summed E-state index contributed by atoms with van der Waals surface area (Å²) in [7, 11) is 1.25. The number of nitrogens with zero attached hydrogens (tertiary/aromatic N) is 1. The van der Waals surface area contributed by atoms with Gasteiger partial charge in [0.1, 0.15) is 5.78 Å². The molecule has 0 heterocycles. The zero-order valence-electron chi connectivity index (χ0n) is 9.36. The number of benzene rings is 1.